The monoisotopic (exact) mass is 345 g/mol. The zero-order valence-corrected chi connectivity index (χ0v) is 15.0. The summed E-state index contributed by atoms with van der Waals surface area (Å²) in [5.74, 6) is 0.456. The highest BCUT2D eigenvalue weighted by Crippen LogP contribution is 2.27. The lowest BCUT2D eigenvalue weighted by atomic mass is 9.99. The molecule has 1 amide bonds. The number of anilines is 2. The number of hydrogen-bond acceptors (Lipinski definition) is 5. The number of piperidine rings is 1. The van der Waals surface area contributed by atoms with Crippen molar-refractivity contribution < 1.29 is 9.53 Å². The van der Waals surface area contributed by atoms with Crippen LogP contribution in [0.5, 0.6) is 0 Å². The molecule has 0 radical (unpaired) electrons. The summed E-state index contributed by atoms with van der Waals surface area (Å²) in [7, 11) is 3.69. The lowest BCUT2D eigenvalue weighted by molar-refractivity contribution is 0.0566. The quantitative estimate of drug-likeness (QED) is 0.833. The lowest BCUT2D eigenvalue weighted by Gasteiger charge is -2.32. The highest BCUT2D eigenvalue weighted by Gasteiger charge is 2.26. The average molecular weight is 345 g/mol. The minimum atomic E-state index is 0.0276. The van der Waals surface area contributed by atoms with Crippen LogP contribution in [-0.4, -0.2) is 49.6 Å². The third-order valence-electron chi connectivity index (χ3n) is 4.35. The second kappa shape index (κ2) is 7.77. The first kappa shape index (κ1) is 16.9. The van der Waals surface area contributed by atoms with Gasteiger partial charge >= 0.3 is 0 Å². The van der Waals surface area contributed by atoms with E-state index in [4.69, 9.17) is 4.74 Å². The van der Waals surface area contributed by atoms with Gasteiger partial charge in [-0.3, -0.25) is 4.79 Å². The highest BCUT2D eigenvalue weighted by atomic mass is 32.1. The van der Waals surface area contributed by atoms with Crippen LogP contribution in [0.15, 0.2) is 35.7 Å². The van der Waals surface area contributed by atoms with Crippen LogP contribution < -0.4 is 4.90 Å². The highest BCUT2D eigenvalue weighted by molar-refractivity contribution is 7.14. The van der Waals surface area contributed by atoms with Crippen LogP contribution in [0.4, 0.5) is 10.8 Å². The molecule has 1 aromatic heterocycles. The number of hydrogen-bond donors (Lipinski definition) is 0. The van der Waals surface area contributed by atoms with Crippen molar-refractivity contribution in [3.63, 3.8) is 0 Å². The van der Waals surface area contributed by atoms with Gasteiger partial charge in [-0.25, -0.2) is 4.98 Å². The molecule has 1 aromatic carbocycles. The number of amides is 1. The number of carbonyl (C=O) groups is 1. The van der Waals surface area contributed by atoms with Crippen molar-refractivity contribution >= 4 is 28.1 Å². The Kier molecular flexibility index (Phi) is 5.48. The van der Waals surface area contributed by atoms with Crippen LogP contribution in [0.2, 0.25) is 0 Å². The van der Waals surface area contributed by atoms with E-state index in [2.05, 4.69) is 4.98 Å². The van der Waals surface area contributed by atoms with Crippen molar-refractivity contribution in [1.29, 1.82) is 0 Å². The van der Waals surface area contributed by atoms with Gasteiger partial charge in [0.2, 0.25) is 0 Å². The number of likely N-dealkylation sites (tertiary alicyclic amines) is 1. The molecule has 1 unspecified atom stereocenters. The van der Waals surface area contributed by atoms with Crippen molar-refractivity contribution in [2.75, 3.05) is 38.8 Å². The Morgan fingerprint density at radius 2 is 2.21 bits per heavy atom. The molecule has 128 valence electrons. The van der Waals surface area contributed by atoms with Gasteiger partial charge < -0.3 is 14.5 Å². The van der Waals surface area contributed by atoms with Gasteiger partial charge in [0.25, 0.3) is 5.91 Å². The average Bonchev–Trinajstić information content (AvgIpc) is 3.12. The Hall–Kier alpha value is -1.92. The summed E-state index contributed by atoms with van der Waals surface area (Å²) in [5.41, 5.74) is 1.60. The smallest absolute Gasteiger partial charge is 0.273 e. The molecule has 1 saturated heterocycles. The molecule has 5 nitrogen and oxygen atoms in total. The van der Waals surface area contributed by atoms with Gasteiger partial charge in [-0.15, -0.1) is 11.3 Å². The standard InChI is InChI=1S/C18H23N3O2S/c1-20(15-8-4-3-5-9-15)18-19-16(13-24-18)17(22)21-10-6-7-14(11-21)12-23-2/h3-5,8-9,13-14H,6-7,10-12H2,1-2H3. The second-order valence-electron chi connectivity index (χ2n) is 6.12. The molecule has 0 bridgehead atoms. The molecule has 1 fully saturated rings. The summed E-state index contributed by atoms with van der Waals surface area (Å²) in [6.45, 7) is 2.28. The Bertz CT molecular complexity index is 672. The summed E-state index contributed by atoms with van der Waals surface area (Å²) in [5, 5.41) is 2.69. The Balaban J connectivity index is 1.69. The third kappa shape index (κ3) is 3.76. The van der Waals surface area contributed by atoms with Crippen LogP contribution in [-0.2, 0) is 4.74 Å². The van der Waals surface area contributed by atoms with Gasteiger partial charge in [0.15, 0.2) is 5.13 Å². The molecule has 1 aliphatic heterocycles. The molecule has 0 saturated carbocycles. The van der Waals surface area contributed by atoms with Gasteiger partial charge in [-0.1, -0.05) is 18.2 Å². The molecule has 6 heteroatoms. The van der Waals surface area contributed by atoms with Crippen LogP contribution >= 0.6 is 11.3 Å². The molecule has 1 aliphatic rings. The SMILES string of the molecule is COCC1CCCN(C(=O)c2csc(N(C)c3ccccc3)n2)C1. The number of para-hydroxylation sites is 1. The van der Waals surface area contributed by atoms with Gasteiger partial charge in [-0.05, 0) is 30.9 Å². The first-order valence-corrected chi connectivity index (χ1v) is 9.09. The minimum Gasteiger partial charge on any atom is -0.384 e. The number of aromatic nitrogens is 1. The summed E-state index contributed by atoms with van der Waals surface area (Å²) in [6, 6.07) is 10.0. The summed E-state index contributed by atoms with van der Waals surface area (Å²) in [4.78, 5) is 21.2. The predicted molar refractivity (Wildman–Crippen MR) is 97.1 cm³/mol. The van der Waals surface area contributed by atoms with Crippen molar-refractivity contribution in [3.8, 4) is 0 Å². The maximum atomic E-state index is 12.7. The molecule has 2 heterocycles. The summed E-state index contributed by atoms with van der Waals surface area (Å²) in [6.07, 6.45) is 2.15. The molecule has 24 heavy (non-hydrogen) atoms. The largest absolute Gasteiger partial charge is 0.384 e. The van der Waals surface area contributed by atoms with E-state index in [1.807, 2.05) is 52.6 Å². The van der Waals surface area contributed by atoms with Crippen LogP contribution in [0, 0.1) is 5.92 Å². The van der Waals surface area contributed by atoms with Crippen LogP contribution in [0.3, 0.4) is 0 Å². The van der Waals surface area contributed by atoms with Crippen molar-refractivity contribution in [2.45, 2.75) is 12.8 Å². The Morgan fingerprint density at radius 1 is 1.42 bits per heavy atom. The number of ether oxygens (including phenoxy) is 1. The van der Waals surface area contributed by atoms with Crippen molar-refractivity contribution in [2.24, 2.45) is 5.92 Å². The Morgan fingerprint density at radius 3 is 2.96 bits per heavy atom. The molecule has 0 spiro atoms. The van der Waals surface area contributed by atoms with Crippen LogP contribution in [0.1, 0.15) is 23.3 Å². The summed E-state index contributed by atoms with van der Waals surface area (Å²) < 4.78 is 5.24. The van der Waals surface area contributed by atoms with Gasteiger partial charge in [-0.2, -0.15) is 0 Å². The number of nitrogens with zero attached hydrogens (tertiary/aromatic N) is 3. The van der Waals surface area contributed by atoms with E-state index in [0.29, 0.717) is 18.2 Å². The number of benzene rings is 1. The Labute approximate surface area is 146 Å². The maximum Gasteiger partial charge on any atom is 0.273 e. The van der Waals surface area contributed by atoms with Crippen LogP contribution in [0.25, 0.3) is 0 Å². The maximum absolute atomic E-state index is 12.7. The summed E-state index contributed by atoms with van der Waals surface area (Å²) >= 11 is 1.50. The second-order valence-corrected chi connectivity index (χ2v) is 6.96. The van der Waals surface area contributed by atoms with Gasteiger partial charge in [0, 0.05) is 38.3 Å². The number of methoxy groups -OCH3 is 1. The topological polar surface area (TPSA) is 45.7 Å². The van der Waals surface area contributed by atoms with Crippen molar-refractivity contribution in [3.05, 3.63) is 41.4 Å². The van der Waals surface area contributed by atoms with E-state index in [-0.39, 0.29) is 5.91 Å². The first-order chi connectivity index (χ1) is 11.7. The van der Waals surface area contributed by atoms with E-state index in [0.717, 1.165) is 36.8 Å². The molecular weight excluding hydrogens is 322 g/mol. The van der Waals surface area contributed by atoms with Crippen molar-refractivity contribution in [1.82, 2.24) is 9.88 Å². The fourth-order valence-electron chi connectivity index (χ4n) is 3.06. The normalized spacial score (nSPS) is 17.8. The fraction of sp³-hybridized carbons (Fsp3) is 0.444. The third-order valence-corrected chi connectivity index (χ3v) is 5.27. The zero-order valence-electron chi connectivity index (χ0n) is 14.1. The van der Waals surface area contributed by atoms with Gasteiger partial charge in [0.05, 0.1) is 6.61 Å². The van der Waals surface area contributed by atoms with E-state index >= 15 is 0 Å². The number of carbonyl (C=O) groups excluding carboxylic acids is 1. The minimum absolute atomic E-state index is 0.0276. The molecule has 2 aromatic rings. The molecule has 0 aliphatic carbocycles. The van der Waals surface area contributed by atoms with E-state index in [1.165, 1.54) is 11.3 Å². The van der Waals surface area contributed by atoms with E-state index in [1.54, 1.807) is 7.11 Å². The van der Waals surface area contributed by atoms with Gasteiger partial charge in [0.1, 0.15) is 5.69 Å². The lowest BCUT2D eigenvalue weighted by Crippen LogP contribution is -2.41. The predicted octanol–water partition coefficient (Wildman–Crippen LogP) is 3.41. The molecule has 1 atom stereocenters. The zero-order chi connectivity index (χ0) is 16.9. The molecular formula is C18H23N3O2S. The molecule has 0 N–H and O–H groups in total. The number of rotatable bonds is 5. The van der Waals surface area contributed by atoms with E-state index < -0.39 is 0 Å². The van der Waals surface area contributed by atoms with E-state index in [9.17, 15) is 4.79 Å². The first-order valence-electron chi connectivity index (χ1n) is 8.21. The number of thiazole rings is 1. The molecule has 3 rings (SSSR count). The fourth-order valence-corrected chi connectivity index (χ4v) is 3.85.